The first kappa shape index (κ1) is 14.4. The second-order valence-corrected chi connectivity index (χ2v) is 5.01. The normalized spacial score (nSPS) is 16.6. The quantitative estimate of drug-likeness (QED) is 0.907. The van der Waals surface area contributed by atoms with Crippen LogP contribution in [0.3, 0.4) is 0 Å². The highest BCUT2D eigenvalue weighted by Crippen LogP contribution is 2.20. The summed E-state index contributed by atoms with van der Waals surface area (Å²) in [6, 6.07) is 6.71. The third-order valence-electron chi connectivity index (χ3n) is 3.47. The highest BCUT2D eigenvalue weighted by Gasteiger charge is 2.24. The Morgan fingerprint density at radius 3 is 2.50 bits per heavy atom. The lowest BCUT2D eigenvalue weighted by Crippen LogP contribution is -2.43. The summed E-state index contributed by atoms with van der Waals surface area (Å²) in [5, 5.41) is 0. The van der Waals surface area contributed by atoms with Crippen LogP contribution in [0, 0.1) is 0 Å². The van der Waals surface area contributed by atoms with Gasteiger partial charge in [0.05, 0.1) is 5.56 Å². The second kappa shape index (κ2) is 6.41. The van der Waals surface area contributed by atoms with Crippen molar-refractivity contribution in [2.75, 3.05) is 13.1 Å². The Balaban J connectivity index is 2.05. The van der Waals surface area contributed by atoms with E-state index in [-0.39, 0.29) is 5.91 Å². The number of ether oxygens (including phenoxy) is 1. The molecule has 1 atom stereocenters. The fraction of sp³-hybridized carbons (Fsp3) is 0.467. The lowest BCUT2D eigenvalue weighted by atomic mass is 10.1. The van der Waals surface area contributed by atoms with Gasteiger partial charge < -0.3 is 15.4 Å². The van der Waals surface area contributed by atoms with Crippen LogP contribution >= 0.6 is 0 Å². The van der Waals surface area contributed by atoms with Crippen molar-refractivity contribution in [2.24, 2.45) is 5.73 Å². The van der Waals surface area contributed by atoms with Crippen LogP contribution in [-0.2, 0) is 4.79 Å². The third kappa shape index (κ3) is 3.29. The minimum absolute atomic E-state index is 0.0380. The number of rotatable bonds is 4. The predicted octanol–water partition coefficient (Wildman–Crippen LogP) is 1.57. The van der Waals surface area contributed by atoms with E-state index in [2.05, 4.69) is 0 Å². The van der Waals surface area contributed by atoms with Crippen LogP contribution in [0.4, 0.5) is 0 Å². The van der Waals surface area contributed by atoms with Crippen LogP contribution in [0.15, 0.2) is 24.3 Å². The minimum atomic E-state index is -0.617. The Labute approximate surface area is 118 Å². The highest BCUT2D eigenvalue weighted by atomic mass is 16.5. The standard InChI is InChI=1S/C15H20N2O3/c1-11(15(19)17-9-5-2-6-10-17)20-13-8-4-3-7-12(13)14(16)18/h3-4,7-8,11H,2,5-6,9-10H2,1H3,(H2,16,18)/t11-/m1/s1. The van der Waals surface area contributed by atoms with Crippen LogP contribution < -0.4 is 10.5 Å². The predicted molar refractivity (Wildman–Crippen MR) is 75.5 cm³/mol. The number of nitrogens with zero attached hydrogens (tertiary/aromatic N) is 1. The van der Waals surface area contributed by atoms with Crippen LogP contribution in [0.2, 0.25) is 0 Å². The Morgan fingerprint density at radius 2 is 1.85 bits per heavy atom. The van der Waals surface area contributed by atoms with Crippen molar-refractivity contribution in [2.45, 2.75) is 32.3 Å². The first-order valence-electron chi connectivity index (χ1n) is 6.94. The monoisotopic (exact) mass is 276 g/mol. The molecule has 0 aromatic heterocycles. The summed E-state index contributed by atoms with van der Waals surface area (Å²) in [7, 11) is 0. The van der Waals surface area contributed by atoms with Crippen LogP contribution in [0.1, 0.15) is 36.5 Å². The van der Waals surface area contributed by atoms with Gasteiger partial charge in [0.25, 0.3) is 11.8 Å². The zero-order chi connectivity index (χ0) is 14.5. The molecule has 0 unspecified atom stereocenters. The van der Waals surface area contributed by atoms with Crippen LogP contribution in [0.25, 0.3) is 0 Å². The smallest absolute Gasteiger partial charge is 0.263 e. The number of primary amides is 1. The van der Waals surface area contributed by atoms with Crippen molar-refractivity contribution in [3.63, 3.8) is 0 Å². The molecule has 1 aliphatic rings. The Hall–Kier alpha value is -2.04. The summed E-state index contributed by atoms with van der Waals surface area (Å²) >= 11 is 0. The average Bonchev–Trinajstić information content (AvgIpc) is 2.47. The van der Waals surface area contributed by atoms with E-state index in [4.69, 9.17) is 10.5 Å². The van der Waals surface area contributed by atoms with Gasteiger partial charge in [-0.3, -0.25) is 9.59 Å². The van der Waals surface area contributed by atoms with Gasteiger partial charge in [0.2, 0.25) is 0 Å². The molecule has 0 saturated carbocycles. The number of para-hydroxylation sites is 1. The number of piperidine rings is 1. The van der Waals surface area contributed by atoms with Gasteiger partial charge in [-0.05, 0) is 38.3 Å². The maximum atomic E-state index is 12.3. The number of carbonyl (C=O) groups excluding carboxylic acids is 2. The number of hydrogen-bond donors (Lipinski definition) is 1. The third-order valence-corrected chi connectivity index (χ3v) is 3.47. The average molecular weight is 276 g/mol. The summed E-state index contributed by atoms with van der Waals surface area (Å²) in [4.78, 5) is 25.4. The molecule has 0 aliphatic carbocycles. The number of benzene rings is 1. The molecule has 2 amide bonds. The van der Waals surface area contributed by atoms with Crippen LogP contribution in [-0.4, -0.2) is 35.9 Å². The molecule has 0 spiro atoms. The van der Waals surface area contributed by atoms with E-state index in [9.17, 15) is 9.59 Å². The SMILES string of the molecule is C[C@@H](Oc1ccccc1C(N)=O)C(=O)N1CCCCC1. The van der Waals surface area contributed by atoms with Gasteiger partial charge in [0.15, 0.2) is 6.10 Å². The molecular weight excluding hydrogens is 256 g/mol. The van der Waals surface area contributed by atoms with Crippen molar-refractivity contribution in [1.29, 1.82) is 0 Å². The lowest BCUT2D eigenvalue weighted by molar-refractivity contribution is -0.138. The molecule has 2 rings (SSSR count). The number of carbonyl (C=O) groups is 2. The number of hydrogen-bond acceptors (Lipinski definition) is 3. The maximum Gasteiger partial charge on any atom is 0.263 e. The molecule has 1 aromatic rings. The molecule has 1 heterocycles. The van der Waals surface area contributed by atoms with Gasteiger partial charge in [-0.25, -0.2) is 0 Å². The van der Waals surface area contributed by atoms with E-state index in [1.54, 1.807) is 31.2 Å². The molecule has 1 aliphatic heterocycles. The largest absolute Gasteiger partial charge is 0.480 e. The minimum Gasteiger partial charge on any atom is -0.480 e. The highest BCUT2D eigenvalue weighted by molar-refractivity contribution is 5.95. The van der Waals surface area contributed by atoms with Crippen molar-refractivity contribution in [3.05, 3.63) is 29.8 Å². The van der Waals surface area contributed by atoms with E-state index in [0.717, 1.165) is 25.9 Å². The first-order valence-corrected chi connectivity index (χ1v) is 6.94. The molecule has 0 radical (unpaired) electrons. The maximum absolute atomic E-state index is 12.3. The summed E-state index contributed by atoms with van der Waals surface area (Å²) in [5.41, 5.74) is 5.59. The van der Waals surface area contributed by atoms with E-state index in [1.165, 1.54) is 6.42 Å². The summed E-state index contributed by atoms with van der Waals surface area (Å²) in [5.74, 6) is -0.236. The zero-order valence-electron chi connectivity index (χ0n) is 11.7. The number of likely N-dealkylation sites (tertiary alicyclic amines) is 1. The molecule has 5 heteroatoms. The van der Waals surface area contributed by atoms with E-state index >= 15 is 0 Å². The molecule has 108 valence electrons. The van der Waals surface area contributed by atoms with E-state index in [1.807, 2.05) is 4.90 Å². The molecule has 5 nitrogen and oxygen atoms in total. The van der Waals surface area contributed by atoms with Crippen molar-refractivity contribution in [1.82, 2.24) is 4.90 Å². The molecular formula is C15H20N2O3. The van der Waals surface area contributed by atoms with Crippen molar-refractivity contribution < 1.29 is 14.3 Å². The first-order chi connectivity index (χ1) is 9.59. The molecule has 1 fully saturated rings. The van der Waals surface area contributed by atoms with Gasteiger partial charge in [0.1, 0.15) is 5.75 Å². The zero-order valence-corrected chi connectivity index (χ0v) is 11.7. The van der Waals surface area contributed by atoms with Gasteiger partial charge in [0, 0.05) is 13.1 Å². The summed E-state index contributed by atoms with van der Waals surface area (Å²) < 4.78 is 5.63. The molecule has 2 N–H and O–H groups in total. The molecule has 1 aromatic carbocycles. The molecule has 20 heavy (non-hydrogen) atoms. The van der Waals surface area contributed by atoms with Crippen LogP contribution in [0.5, 0.6) is 5.75 Å². The van der Waals surface area contributed by atoms with E-state index in [0.29, 0.717) is 11.3 Å². The second-order valence-electron chi connectivity index (χ2n) is 5.01. The number of nitrogens with two attached hydrogens (primary N) is 1. The van der Waals surface area contributed by atoms with Gasteiger partial charge in [-0.15, -0.1) is 0 Å². The van der Waals surface area contributed by atoms with Crippen molar-refractivity contribution >= 4 is 11.8 Å². The summed E-state index contributed by atoms with van der Waals surface area (Å²) in [6.45, 7) is 3.27. The molecule has 1 saturated heterocycles. The van der Waals surface area contributed by atoms with Gasteiger partial charge in [-0.1, -0.05) is 12.1 Å². The Bertz CT molecular complexity index is 496. The number of amides is 2. The molecule has 0 bridgehead atoms. The summed E-state index contributed by atoms with van der Waals surface area (Å²) in [6.07, 6.45) is 2.63. The topological polar surface area (TPSA) is 72.6 Å². The Kier molecular flexibility index (Phi) is 4.61. The lowest BCUT2D eigenvalue weighted by Gasteiger charge is -2.29. The van der Waals surface area contributed by atoms with E-state index < -0.39 is 12.0 Å². The fourth-order valence-corrected chi connectivity index (χ4v) is 2.39. The van der Waals surface area contributed by atoms with Crippen molar-refractivity contribution in [3.8, 4) is 5.75 Å². The Morgan fingerprint density at radius 1 is 1.20 bits per heavy atom. The van der Waals surface area contributed by atoms with Gasteiger partial charge in [-0.2, -0.15) is 0 Å². The van der Waals surface area contributed by atoms with Gasteiger partial charge >= 0.3 is 0 Å². The fourth-order valence-electron chi connectivity index (χ4n) is 2.39.